The molecular weight excluding hydrogens is 458 g/mol. The lowest BCUT2D eigenvalue weighted by Gasteiger charge is -2.42. The second-order valence-corrected chi connectivity index (χ2v) is 11.2. The summed E-state index contributed by atoms with van der Waals surface area (Å²) in [5, 5.41) is 0. The predicted octanol–water partition coefficient (Wildman–Crippen LogP) is 6.40. The lowest BCUT2D eigenvalue weighted by Crippen LogP contribution is -2.45. The van der Waals surface area contributed by atoms with Crippen molar-refractivity contribution in [2.45, 2.75) is 66.1 Å². The minimum Gasteiger partial charge on any atom is -0.493 e. The molecule has 0 unspecified atom stereocenters. The maximum atomic E-state index is 13.4. The second kappa shape index (κ2) is 12.0. The summed E-state index contributed by atoms with van der Waals surface area (Å²) in [6.07, 6.45) is 2.42. The molecule has 0 N–H and O–H groups in total. The highest BCUT2D eigenvalue weighted by Gasteiger charge is 2.38. The summed E-state index contributed by atoms with van der Waals surface area (Å²) in [5.41, 5.74) is 5.11. The minimum atomic E-state index is -0.163. The van der Waals surface area contributed by atoms with Gasteiger partial charge in [0.15, 0.2) is 0 Å². The summed E-state index contributed by atoms with van der Waals surface area (Å²) in [6, 6.07) is 23.0. The fourth-order valence-corrected chi connectivity index (χ4v) is 5.75. The lowest BCUT2D eigenvalue weighted by atomic mass is 9.75. The van der Waals surface area contributed by atoms with E-state index in [-0.39, 0.29) is 11.3 Å². The second-order valence-electron chi connectivity index (χ2n) is 11.2. The summed E-state index contributed by atoms with van der Waals surface area (Å²) in [7, 11) is 1.92. The normalized spacial score (nSPS) is 15.6. The number of ether oxygens (including phenoxy) is 1. The van der Waals surface area contributed by atoms with Crippen LogP contribution in [0.15, 0.2) is 66.7 Å². The molecule has 5 nitrogen and oxygen atoms in total. The van der Waals surface area contributed by atoms with E-state index < -0.39 is 0 Å². The van der Waals surface area contributed by atoms with Gasteiger partial charge in [-0.1, -0.05) is 48.5 Å². The van der Waals surface area contributed by atoms with E-state index in [9.17, 15) is 4.79 Å². The quantitative estimate of drug-likeness (QED) is 0.323. The molecule has 2 heterocycles. The number of hydrogen-bond donors (Lipinski definition) is 0. The van der Waals surface area contributed by atoms with Crippen LogP contribution in [0.4, 0.5) is 0 Å². The Balaban J connectivity index is 1.43. The molecule has 1 aliphatic rings. The van der Waals surface area contributed by atoms with Crippen molar-refractivity contribution in [3.05, 3.63) is 89.2 Å². The number of likely N-dealkylation sites (tertiary alicyclic amines) is 1. The number of piperidine rings is 1. The number of benzene rings is 2. The van der Waals surface area contributed by atoms with E-state index in [1.165, 1.54) is 17.0 Å². The van der Waals surface area contributed by atoms with Crippen LogP contribution in [-0.4, -0.2) is 47.0 Å². The SMILES string of the molecule is Cc1cc(CN2CCC(COc3ccccc3)(CC(=O)N(C)Cc3ccccc3)CC2)c(C)n1C(C)C. The summed E-state index contributed by atoms with van der Waals surface area (Å²) in [6.45, 7) is 13.0. The Labute approximate surface area is 223 Å². The first-order valence-corrected chi connectivity index (χ1v) is 13.6. The van der Waals surface area contributed by atoms with Gasteiger partial charge >= 0.3 is 0 Å². The van der Waals surface area contributed by atoms with Gasteiger partial charge in [0.1, 0.15) is 5.75 Å². The summed E-state index contributed by atoms with van der Waals surface area (Å²) in [4.78, 5) is 17.8. The number of hydrogen-bond acceptors (Lipinski definition) is 3. The number of carbonyl (C=O) groups is 1. The maximum absolute atomic E-state index is 13.4. The highest BCUT2D eigenvalue weighted by Crippen LogP contribution is 2.37. The van der Waals surface area contributed by atoms with Crippen LogP contribution in [0.25, 0.3) is 0 Å². The zero-order valence-electron chi connectivity index (χ0n) is 23.2. The van der Waals surface area contributed by atoms with Crippen LogP contribution in [0.5, 0.6) is 5.75 Å². The lowest BCUT2D eigenvalue weighted by molar-refractivity contribution is -0.134. The highest BCUT2D eigenvalue weighted by atomic mass is 16.5. The molecule has 0 aliphatic carbocycles. The molecule has 0 atom stereocenters. The zero-order valence-corrected chi connectivity index (χ0v) is 23.2. The van der Waals surface area contributed by atoms with E-state index in [0.29, 0.717) is 25.6 Å². The average Bonchev–Trinajstić information content (AvgIpc) is 3.18. The van der Waals surface area contributed by atoms with Gasteiger partial charge < -0.3 is 14.2 Å². The summed E-state index contributed by atoms with van der Waals surface area (Å²) >= 11 is 0. The van der Waals surface area contributed by atoms with Crippen LogP contribution in [0.1, 0.15) is 61.7 Å². The Morgan fingerprint density at radius 3 is 2.22 bits per heavy atom. The fourth-order valence-electron chi connectivity index (χ4n) is 5.75. The standard InChI is InChI=1S/C32H43N3O2/c1-25(2)35-26(3)20-29(27(35)4)23-34-18-16-32(17-19-34,24-37-30-14-10-7-11-15-30)21-31(36)33(5)22-28-12-8-6-9-13-28/h6-15,20,25H,16-19,21-24H2,1-5H3. The van der Waals surface area contributed by atoms with Gasteiger partial charge in [-0.2, -0.15) is 0 Å². The minimum absolute atomic E-state index is 0.163. The molecule has 1 aromatic heterocycles. The van der Waals surface area contributed by atoms with Crippen LogP contribution in [-0.2, 0) is 17.9 Å². The molecule has 2 aromatic carbocycles. The number of carbonyl (C=O) groups excluding carboxylic acids is 1. The fraction of sp³-hybridized carbons (Fsp3) is 0.469. The molecule has 0 bridgehead atoms. The van der Waals surface area contributed by atoms with Crippen molar-refractivity contribution in [1.82, 2.24) is 14.4 Å². The molecule has 3 aromatic rings. The first kappa shape index (κ1) is 27.0. The number of aryl methyl sites for hydroxylation is 1. The molecule has 0 spiro atoms. The van der Waals surface area contributed by atoms with Crippen LogP contribution < -0.4 is 4.74 Å². The molecule has 198 valence electrons. The number of para-hydroxylation sites is 1. The van der Waals surface area contributed by atoms with Crippen molar-refractivity contribution in [2.24, 2.45) is 5.41 Å². The van der Waals surface area contributed by atoms with Crippen molar-refractivity contribution in [3.8, 4) is 5.75 Å². The van der Waals surface area contributed by atoms with Crippen molar-refractivity contribution in [3.63, 3.8) is 0 Å². The van der Waals surface area contributed by atoms with Gasteiger partial charge in [-0.25, -0.2) is 0 Å². The van der Waals surface area contributed by atoms with Gasteiger partial charge in [-0.3, -0.25) is 9.69 Å². The molecule has 0 radical (unpaired) electrons. The Bertz CT molecular complexity index is 1150. The maximum Gasteiger partial charge on any atom is 0.223 e. The first-order valence-electron chi connectivity index (χ1n) is 13.6. The van der Waals surface area contributed by atoms with Crippen molar-refractivity contribution < 1.29 is 9.53 Å². The van der Waals surface area contributed by atoms with Crippen LogP contribution in [0, 0.1) is 19.3 Å². The van der Waals surface area contributed by atoms with Crippen LogP contribution in [0.2, 0.25) is 0 Å². The van der Waals surface area contributed by atoms with Gasteiger partial charge in [0, 0.05) is 49.4 Å². The van der Waals surface area contributed by atoms with Gasteiger partial charge in [0.2, 0.25) is 5.91 Å². The van der Waals surface area contributed by atoms with E-state index in [2.05, 4.69) is 55.4 Å². The third kappa shape index (κ3) is 6.84. The number of rotatable bonds is 10. The van der Waals surface area contributed by atoms with E-state index >= 15 is 0 Å². The largest absolute Gasteiger partial charge is 0.493 e. The number of amides is 1. The Morgan fingerprint density at radius 1 is 1.00 bits per heavy atom. The van der Waals surface area contributed by atoms with Crippen LogP contribution in [0.3, 0.4) is 0 Å². The molecule has 1 amide bonds. The average molecular weight is 502 g/mol. The zero-order chi connectivity index (χ0) is 26.4. The highest BCUT2D eigenvalue weighted by molar-refractivity contribution is 5.76. The van der Waals surface area contributed by atoms with Gasteiger partial charge in [-0.05, 0) is 83.0 Å². The Morgan fingerprint density at radius 2 is 1.62 bits per heavy atom. The summed E-state index contributed by atoms with van der Waals surface area (Å²) in [5.74, 6) is 1.06. The molecule has 0 saturated carbocycles. The Hall–Kier alpha value is -3.05. The molecule has 37 heavy (non-hydrogen) atoms. The van der Waals surface area contributed by atoms with Gasteiger partial charge in [0.25, 0.3) is 0 Å². The number of aromatic nitrogens is 1. The smallest absolute Gasteiger partial charge is 0.223 e. The monoisotopic (exact) mass is 501 g/mol. The van der Waals surface area contributed by atoms with Gasteiger partial charge in [-0.15, -0.1) is 0 Å². The van der Waals surface area contributed by atoms with E-state index in [1.54, 1.807) is 0 Å². The first-order chi connectivity index (χ1) is 17.8. The Kier molecular flexibility index (Phi) is 8.75. The summed E-state index contributed by atoms with van der Waals surface area (Å²) < 4.78 is 8.70. The van der Waals surface area contributed by atoms with Crippen molar-refractivity contribution in [1.29, 1.82) is 0 Å². The molecule has 1 fully saturated rings. The molecule has 4 rings (SSSR count). The molecule has 1 aliphatic heterocycles. The third-order valence-electron chi connectivity index (χ3n) is 7.92. The number of nitrogens with zero attached hydrogens (tertiary/aromatic N) is 3. The van der Waals surface area contributed by atoms with Crippen molar-refractivity contribution >= 4 is 5.91 Å². The third-order valence-corrected chi connectivity index (χ3v) is 7.92. The predicted molar refractivity (Wildman–Crippen MR) is 151 cm³/mol. The van der Waals surface area contributed by atoms with Crippen molar-refractivity contribution in [2.75, 3.05) is 26.7 Å². The molecule has 5 heteroatoms. The molecular formula is C32H43N3O2. The topological polar surface area (TPSA) is 37.7 Å². The van der Waals surface area contributed by atoms with E-state index in [0.717, 1.165) is 43.8 Å². The van der Waals surface area contributed by atoms with Gasteiger partial charge in [0.05, 0.1) is 6.61 Å². The van der Waals surface area contributed by atoms with E-state index in [4.69, 9.17) is 4.74 Å². The van der Waals surface area contributed by atoms with Crippen LogP contribution >= 0.6 is 0 Å². The molecule has 1 saturated heterocycles. The van der Waals surface area contributed by atoms with E-state index in [1.807, 2.05) is 60.5 Å².